The second kappa shape index (κ2) is 6.97. The molecule has 0 radical (unpaired) electrons. The quantitative estimate of drug-likeness (QED) is 0.371. The van der Waals surface area contributed by atoms with Gasteiger partial charge in [0.15, 0.2) is 12.1 Å². The van der Waals surface area contributed by atoms with Gasteiger partial charge in [0.05, 0.1) is 0 Å². The molecule has 1 heterocycles. The molecule has 0 bridgehead atoms. The normalized spacial score (nSPS) is 7.50. The molecule has 0 N–H and O–H groups in total. The summed E-state index contributed by atoms with van der Waals surface area (Å²) in [5, 5.41) is 43.9. The van der Waals surface area contributed by atoms with Crippen LogP contribution in [0.25, 0.3) is 0 Å². The fourth-order valence-corrected chi connectivity index (χ4v) is 1.20. The molecule has 0 aromatic carbocycles. The van der Waals surface area contributed by atoms with Crippen LogP contribution < -0.4 is 34.1 Å². The van der Waals surface area contributed by atoms with Crippen molar-refractivity contribution >= 4 is 0 Å². The van der Waals surface area contributed by atoms with Crippen molar-refractivity contribution in [3.63, 3.8) is 0 Å². The van der Waals surface area contributed by atoms with E-state index in [9.17, 15) is 0 Å². The van der Waals surface area contributed by atoms with Crippen LogP contribution in [-0.2, 0) is 6.54 Å². The minimum absolute atomic E-state index is 0. The third-order valence-corrected chi connectivity index (χ3v) is 1.86. The Morgan fingerprint density at radius 1 is 0.889 bits per heavy atom. The molecule has 0 unspecified atom stereocenters. The third-order valence-electron chi connectivity index (χ3n) is 1.86. The Morgan fingerprint density at radius 3 is 1.61 bits per heavy atom. The summed E-state index contributed by atoms with van der Waals surface area (Å²) >= 11 is 0. The van der Waals surface area contributed by atoms with Crippen LogP contribution in [0.1, 0.15) is 24.2 Å². The van der Waals surface area contributed by atoms with Gasteiger partial charge >= 0.3 is 40.9 Å². The van der Waals surface area contributed by atoms with Crippen LogP contribution >= 0.6 is 0 Å². The van der Waals surface area contributed by atoms with Gasteiger partial charge in [-0.25, -0.2) is 4.98 Å². The first kappa shape index (κ1) is 15.5. The summed E-state index contributed by atoms with van der Waals surface area (Å²) < 4.78 is 1.00. The van der Waals surface area contributed by atoms with Crippen molar-refractivity contribution in [2.24, 2.45) is 0 Å². The molecular weight excluding hydrogens is 241 g/mol. The van der Waals surface area contributed by atoms with Crippen LogP contribution in [0.5, 0.6) is 0 Å². The predicted octanol–water partition coefficient (Wildman–Crippen LogP) is -3.50. The van der Waals surface area contributed by atoms with Crippen molar-refractivity contribution in [3.8, 4) is 30.3 Å². The van der Waals surface area contributed by atoms with Crippen molar-refractivity contribution < 1.29 is 35.6 Å². The van der Waals surface area contributed by atoms with Crippen molar-refractivity contribution in [2.45, 2.75) is 6.54 Å². The van der Waals surface area contributed by atoms with E-state index >= 15 is 0 Å². The molecule has 0 fully saturated rings. The standard InChI is InChI=1S/C10H2N7.Na.H/c11-1-2-17-9(5-14)7(3-12)16-8(4-13)10(17)6-15;;/h2H2;;/q2*+1;-1. The topological polar surface area (TPSA) is 136 Å². The van der Waals surface area contributed by atoms with Gasteiger partial charge in [-0.15, -0.1) is 0 Å². The van der Waals surface area contributed by atoms with Crippen molar-refractivity contribution in [2.75, 3.05) is 0 Å². The van der Waals surface area contributed by atoms with Crippen LogP contribution in [0.15, 0.2) is 0 Å². The Morgan fingerprint density at radius 2 is 1.33 bits per heavy atom. The molecule has 1 aromatic rings. The zero-order valence-corrected chi connectivity index (χ0v) is 11.3. The summed E-state index contributed by atoms with van der Waals surface area (Å²) in [6.45, 7) is -0.308. The summed E-state index contributed by atoms with van der Waals surface area (Å²) in [5.74, 6) is 0. The van der Waals surface area contributed by atoms with Crippen molar-refractivity contribution in [1.29, 1.82) is 26.3 Å². The van der Waals surface area contributed by atoms with Gasteiger partial charge in [0.1, 0.15) is 18.2 Å². The Labute approximate surface area is 126 Å². The van der Waals surface area contributed by atoms with Gasteiger partial charge < -0.3 is 1.43 Å². The van der Waals surface area contributed by atoms with Gasteiger partial charge in [-0.3, -0.25) is 0 Å². The number of aromatic nitrogens is 2. The molecule has 0 aliphatic carbocycles. The van der Waals surface area contributed by atoms with Gasteiger partial charge in [0, 0.05) is 0 Å². The Hall–Kier alpha value is -2.47. The molecule has 0 saturated carbocycles. The molecule has 0 aliphatic rings. The summed E-state index contributed by atoms with van der Waals surface area (Å²) in [4.78, 5) is 3.60. The van der Waals surface area contributed by atoms with E-state index in [4.69, 9.17) is 26.3 Å². The number of hydrogen-bond acceptors (Lipinski definition) is 6. The Bertz CT molecular complexity index is 643. The second-order valence-electron chi connectivity index (χ2n) is 2.70. The maximum Gasteiger partial charge on any atom is 1.00 e. The minimum atomic E-state index is -0.308. The third kappa shape index (κ3) is 2.61. The van der Waals surface area contributed by atoms with E-state index in [0.29, 0.717) is 0 Å². The van der Waals surface area contributed by atoms with E-state index in [2.05, 4.69) is 4.98 Å². The van der Waals surface area contributed by atoms with Gasteiger partial charge in [-0.2, -0.15) is 30.9 Å². The summed E-state index contributed by atoms with van der Waals surface area (Å²) in [6.07, 6.45) is 0. The fraction of sp³-hybridized carbons (Fsp3) is 0.100. The molecule has 0 amide bonds. The molecule has 18 heavy (non-hydrogen) atoms. The summed E-state index contributed by atoms with van der Waals surface area (Å²) in [7, 11) is 0. The van der Waals surface area contributed by atoms with Crippen LogP contribution in [0.4, 0.5) is 0 Å². The maximum atomic E-state index is 8.88. The van der Waals surface area contributed by atoms with Crippen LogP contribution in [0, 0.1) is 56.7 Å². The fourth-order valence-electron chi connectivity index (χ4n) is 1.20. The van der Waals surface area contributed by atoms with E-state index in [-0.39, 0.29) is 60.3 Å². The molecule has 7 nitrogen and oxygen atoms in total. The minimum Gasteiger partial charge on any atom is -1.00 e. The van der Waals surface area contributed by atoms with Gasteiger partial charge in [-0.05, 0) is 0 Å². The van der Waals surface area contributed by atoms with E-state index in [1.165, 1.54) is 0 Å². The largest absolute Gasteiger partial charge is 1.00 e. The van der Waals surface area contributed by atoms with Crippen LogP contribution in [-0.4, -0.2) is 4.98 Å². The van der Waals surface area contributed by atoms with Gasteiger partial charge in [0.2, 0.25) is 17.9 Å². The zero-order valence-electron chi connectivity index (χ0n) is 10.3. The molecule has 0 aliphatic heterocycles. The van der Waals surface area contributed by atoms with Crippen molar-refractivity contribution in [1.82, 2.24) is 4.98 Å². The molecule has 0 saturated heterocycles. The molecule has 78 valence electrons. The number of nitriles is 5. The second-order valence-corrected chi connectivity index (χ2v) is 2.70. The van der Waals surface area contributed by atoms with E-state index in [0.717, 1.165) is 4.57 Å². The first-order chi connectivity index (χ1) is 8.23. The van der Waals surface area contributed by atoms with E-state index in [1.54, 1.807) is 30.3 Å². The number of nitrogens with zero attached hydrogens (tertiary/aromatic N) is 7. The Kier molecular flexibility index (Phi) is 6.02. The first-order valence-corrected chi connectivity index (χ1v) is 4.18. The van der Waals surface area contributed by atoms with Gasteiger partial charge in [-0.1, -0.05) is 0 Å². The Balaban J connectivity index is 0. The van der Waals surface area contributed by atoms with Crippen LogP contribution in [0.3, 0.4) is 0 Å². The average molecular weight is 244 g/mol. The summed E-state index contributed by atoms with van der Waals surface area (Å²) in [6, 6.07) is 8.43. The number of hydrogen-bond donors (Lipinski definition) is 0. The van der Waals surface area contributed by atoms with E-state index in [1.807, 2.05) is 0 Å². The summed E-state index contributed by atoms with van der Waals surface area (Å²) in [5.41, 5.74) is -0.967. The molecule has 0 atom stereocenters. The zero-order chi connectivity index (χ0) is 12.8. The smallest absolute Gasteiger partial charge is 1.00 e. The van der Waals surface area contributed by atoms with E-state index < -0.39 is 0 Å². The molecule has 8 heteroatoms. The SMILES string of the molecule is N#CC[n+]1c(C#N)c(C#N)nc(C#N)c1C#N.[H-].[Na+]. The monoisotopic (exact) mass is 244 g/mol. The molecule has 0 spiro atoms. The molecule has 1 rings (SSSR count). The van der Waals surface area contributed by atoms with Gasteiger partial charge in [0.25, 0.3) is 0 Å². The van der Waals surface area contributed by atoms with Crippen molar-refractivity contribution in [3.05, 3.63) is 22.8 Å². The van der Waals surface area contributed by atoms with Crippen LogP contribution in [0.2, 0.25) is 0 Å². The first-order valence-electron chi connectivity index (χ1n) is 4.18. The molecule has 1 aromatic heterocycles. The molecular formula is C10H3N7Na+. The maximum absolute atomic E-state index is 8.88. The average Bonchev–Trinajstić information content (AvgIpc) is 2.37. The number of rotatable bonds is 1. The predicted molar refractivity (Wildman–Crippen MR) is 50.0 cm³/mol.